The van der Waals surface area contributed by atoms with Gasteiger partial charge in [-0.25, -0.2) is 0 Å². The van der Waals surface area contributed by atoms with E-state index in [2.05, 4.69) is 15.9 Å². The first kappa shape index (κ1) is 7.89. The van der Waals surface area contributed by atoms with E-state index in [-0.39, 0.29) is 5.75 Å². The third-order valence-electron chi connectivity index (χ3n) is 1.24. The standard InChI is InChI=1S/C7H6BrClO/c1-4-2-6(9)5(8)3-7(4)10/h2-3,10H,1H3. The topological polar surface area (TPSA) is 20.2 Å². The maximum atomic E-state index is 9.14. The van der Waals surface area contributed by atoms with Crippen molar-refractivity contribution in [2.75, 3.05) is 0 Å². The fourth-order valence-corrected chi connectivity index (χ4v) is 1.19. The van der Waals surface area contributed by atoms with Crippen molar-refractivity contribution in [2.24, 2.45) is 0 Å². The highest BCUT2D eigenvalue weighted by Gasteiger charge is 2.00. The number of aryl methyl sites for hydroxylation is 1. The summed E-state index contributed by atoms with van der Waals surface area (Å²) >= 11 is 8.92. The summed E-state index contributed by atoms with van der Waals surface area (Å²) in [5, 5.41) is 9.76. The molecule has 0 aromatic heterocycles. The molecule has 0 aliphatic carbocycles. The van der Waals surface area contributed by atoms with Crippen LogP contribution in [-0.2, 0) is 0 Å². The van der Waals surface area contributed by atoms with Crippen LogP contribution in [0.5, 0.6) is 5.75 Å². The molecule has 1 aromatic rings. The number of halogens is 2. The molecule has 54 valence electrons. The van der Waals surface area contributed by atoms with Crippen LogP contribution in [0.15, 0.2) is 16.6 Å². The first-order valence-corrected chi connectivity index (χ1v) is 3.93. The second-order valence-electron chi connectivity index (χ2n) is 2.05. The largest absolute Gasteiger partial charge is 0.508 e. The Morgan fingerprint density at radius 2 is 2.10 bits per heavy atom. The van der Waals surface area contributed by atoms with E-state index < -0.39 is 0 Å². The Morgan fingerprint density at radius 1 is 1.50 bits per heavy atom. The molecule has 0 unspecified atom stereocenters. The summed E-state index contributed by atoms with van der Waals surface area (Å²) in [6.45, 7) is 1.80. The number of hydrogen-bond acceptors (Lipinski definition) is 1. The molecule has 0 spiro atoms. The van der Waals surface area contributed by atoms with Crippen molar-refractivity contribution in [3.05, 3.63) is 27.2 Å². The number of hydrogen-bond donors (Lipinski definition) is 1. The average molecular weight is 221 g/mol. The number of phenolic OH excluding ortho intramolecular Hbond substituents is 1. The molecule has 0 aliphatic heterocycles. The van der Waals surface area contributed by atoms with E-state index in [9.17, 15) is 0 Å². The van der Waals surface area contributed by atoms with E-state index in [1.165, 1.54) is 0 Å². The third kappa shape index (κ3) is 1.44. The fraction of sp³-hybridized carbons (Fsp3) is 0.143. The van der Waals surface area contributed by atoms with E-state index in [1.54, 1.807) is 19.1 Å². The van der Waals surface area contributed by atoms with Gasteiger partial charge in [-0.3, -0.25) is 0 Å². The summed E-state index contributed by atoms with van der Waals surface area (Å²) in [5.41, 5.74) is 0.785. The summed E-state index contributed by atoms with van der Waals surface area (Å²) in [6.07, 6.45) is 0. The van der Waals surface area contributed by atoms with Gasteiger partial charge in [-0.2, -0.15) is 0 Å². The molecular formula is C7H6BrClO. The highest BCUT2D eigenvalue weighted by Crippen LogP contribution is 2.29. The van der Waals surface area contributed by atoms with Crippen LogP contribution in [-0.4, -0.2) is 5.11 Å². The SMILES string of the molecule is Cc1cc(Cl)c(Br)cc1O. The van der Waals surface area contributed by atoms with Crippen LogP contribution in [0.25, 0.3) is 0 Å². The van der Waals surface area contributed by atoms with Gasteiger partial charge in [0, 0.05) is 4.47 Å². The van der Waals surface area contributed by atoms with Crippen LogP contribution in [0.3, 0.4) is 0 Å². The van der Waals surface area contributed by atoms with Gasteiger partial charge in [-0.05, 0) is 40.5 Å². The average Bonchev–Trinajstić information content (AvgIpc) is 1.84. The van der Waals surface area contributed by atoms with Gasteiger partial charge in [0.1, 0.15) is 5.75 Å². The van der Waals surface area contributed by atoms with Gasteiger partial charge >= 0.3 is 0 Å². The Balaban J connectivity index is 3.28. The predicted octanol–water partition coefficient (Wildman–Crippen LogP) is 3.12. The first-order chi connectivity index (χ1) is 4.61. The van der Waals surface area contributed by atoms with E-state index in [4.69, 9.17) is 16.7 Å². The number of benzene rings is 1. The van der Waals surface area contributed by atoms with Crippen LogP contribution in [0.1, 0.15) is 5.56 Å². The lowest BCUT2D eigenvalue weighted by molar-refractivity contribution is 0.471. The quantitative estimate of drug-likeness (QED) is 0.714. The Bertz CT molecular complexity index is 210. The number of aromatic hydroxyl groups is 1. The van der Waals surface area contributed by atoms with Crippen LogP contribution >= 0.6 is 27.5 Å². The van der Waals surface area contributed by atoms with Gasteiger partial charge in [0.2, 0.25) is 0 Å². The zero-order chi connectivity index (χ0) is 7.72. The molecule has 0 heterocycles. The molecule has 0 radical (unpaired) electrons. The monoisotopic (exact) mass is 220 g/mol. The molecule has 0 fully saturated rings. The van der Waals surface area contributed by atoms with E-state index in [1.807, 2.05) is 0 Å². The van der Waals surface area contributed by atoms with Crippen LogP contribution in [0.2, 0.25) is 5.02 Å². The highest BCUT2D eigenvalue weighted by molar-refractivity contribution is 9.10. The Morgan fingerprint density at radius 3 is 2.60 bits per heavy atom. The van der Waals surface area contributed by atoms with E-state index in [0.29, 0.717) is 5.02 Å². The first-order valence-electron chi connectivity index (χ1n) is 2.76. The van der Waals surface area contributed by atoms with Gasteiger partial charge in [0.25, 0.3) is 0 Å². The molecule has 0 saturated heterocycles. The van der Waals surface area contributed by atoms with Gasteiger partial charge in [-0.15, -0.1) is 0 Å². The molecule has 10 heavy (non-hydrogen) atoms. The van der Waals surface area contributed by atoms with Gasteiger partial charge in [0.05, 0.1) is 5.02 Å². The second kappa shape index (κ2) is 2.81. The number of phenols is 1. The van der Waals surface area contributed by atoms with Crippen molar-refractivity contribution in [1.82, 2.24) is 0 Å². The van der Waals surface area contributed by atoms with Gasteiger partial charge in [-0.1, -0.05) is 11.6 Å². The molecule has 0 aliphatic rings. The van der Waals surface area contributed by atoms with Gasteiger partial charge in [0.15, 0.2) is 0 Å². The predicted molar refractivity (Wildman–Crippen MR) is 45.6 cm³/mol. The molecule has 0 amide bonds. The van der Waals surface area contributed by atoms with Gasteiger partial charge < -0.3 is 5.11 Å². The summed E-state index contributed by atoms with van der Waals surface area (Å²) in [5.74, 6) is 0.260. The van der Waals surface area contributed by atoms with Crippen LogP contribution in [0.4, 0.5) is 0 Å². The zero-order valence-electron chi connectivity index (χ0n) is 5.36. The Labute approximate surface area is 72.8 Å². The Kier molecular flexibility index (Phi) is 2.21. The van der Waals surface area contributed by atoms with E-state index >= 15 is 0 Å². The lowest BCUT2D eigenvalue weighted by Gasteiger charge is -1.99. The molecular weight excluding hydrogens is 215 g/mol. The van der Waals surface area contributed by atoms with Crippen molar-refractivity contribution < 1.29 is 5.11 Å². The van der Waals surface area contributed by atoms with Crippen LogP contribution in [0, 0.1) is 6.92 Å². The zero-order valence-corrected chi connectivity index (χ0v) is 7.70. The smallest absolute Gasteiger partial charge is 0.119 e. The second-order valence-corrected chi connectivity index (χ2v) is 3.31. The lowest BCUT2D eigenvalue weighted by Crippen LogP contribution is -1.75. The minimum atomic E-state index is 0.260. The summed E-state index contributed by atoms with van der Waals surface area (Å²) < 4.78 is 0.720. The molecule has 1 N–H and O–H groups in total. The minimum absolute atomic E-state index is 0.260. The molecule has 0 bridgehead atoms. The molecule has 1 aromatic carbocycles. The number of rotatable bonds is 0. The Hall–Kier alpha value is -0.210. The lowest BCUT2D eigenvalue weighted by atomic mass is 10.2. The normalized spacial score (nSPS) is 9.90. The molecule has 0 atom stereocenters. The van der Waals surface area contributed by atoms with Crippen LogP contribution < -0.4 is 0 Å². The van der Waals surface area contributed by atoms with Crippen molar-refractivity contribution >= 4 is 27.5 Å². The van der Waals surface area contributed by atoms with Crippen molar-refractivity contribution in [1.29, 1.82) is 0 Å². The van der Waals surface area contributed by atoms with E-state index in [0.717, 1.165) is 10.0 Å². The summed E-state index contributed by atoms with van der Waals surface area (Å²) in [7, 11) is 0. The molecule has 0 saturated carbocycles. The highest BCUT2D eigenvalue weighted by atomic mass is 79.9. The maximum absolute atomic E-state index is 9.14. The molecule has 3 heteroatoms. The summed E-state index contributed by atoms with van der Waals surface area (Å²) in [6, 6.07) is 3.29. The third-order valence-corrected chi connectivity index (χ3v) is 2.44. The maximum Gasteiger partial charge on any atom is 0.119 e. The minimum Gasteiger partial charge on any atom is -0.508 e. The van der Waals surface area contributed by atoms with Crippen molar-refractivity contribution in [2.45, 2.75) is 6.92 Å². The fourth-order valence-electron chi connectivity index (χ4n) is 0.636. The van der Waals surface area contributed by atoms with Crippen molar-refractivity contribution in [3.8, 4) is 5.75 Å². The summed E-state index contributed by atoms with van der Waals surface area (Å²) in [4.78, 5) is 0. The van der Waals surface area contributed by atoms with Crippen molar-refractivity contribution in [3.63, 3.8) is 0 Å². The molecule has 1 nitrogen and oxygen atoms in total. The molecule has 1 rings (SSSR count).